The number of nitrogens with one attached hydrogen (secondary N) is 2. The van der Waals surface area contributed by atoms with Crippen molar-refractivity contribution in [2.45, 2.75) is 6.54 Å². The van der Waals surface area contributed by atoms with Gasteiger partial charge in [0.2, 0.25) is 0 Å². The number of carbonyl (C=O) groups is 1. The molecule has 2 heterocycles. The third-order valence-corrected chi connectivity index (χ3v) is 6.53. The van der Waals surface area contributed by atoms with Crippen LogP contribution in [0.3, 0.4) is 0 Å². The Bertz CT molecular complexity index is 840. The Morgan fingerprint density at radius 1 is 0.903 bits per heavy atom. The first-order valence-electron chi connectivity index (χ1n) is 11.2. The highest BCUT2D eigenvalue weighted by Gasteiger charge is 2.28. The van der Waals surface area contributed by atoms with Crippen LogP contribution in [0.15, 0.2) is 48.5 Å². The van der Waals surface area contributed by atoms with E-state index in [2.05, 4.69) is 17.0 Å². The number of hydrogen-bond acceptors (Lipinski definition) is 4. The lowest BCUT2D eigenvalue weighted by Crippen LogP contribution is -3.28. The van der Waals surface area contributed by atoms with Crippen molar-refractivity contribution in [3.8, 4) is 11.5 Å². The van der Waals surface area contributed by atoms with Crippen molar-refractivity contribution >= 4 is 11.6 Å². The maximum absolute atomic E-state index is 12.8. The average molecular weight is 427 g/mol. The fraction of sp³-hybridized carbons (Fsp3) is 0.458. The number of anilines is 1. The maximum atomic E-state index is 12.8. The number of phenolic OH excluding ortho intramolecular Hbond substituents is 1. The van der Waals surface area contributed by atoms with Crippen LogP contribution in [0.5, 0.6) is 11.5 Å². The normalized spacial score (nSPS) is 21.7. The van der Waals surface area contributed by atoms with Crippen molar-refractivity contribution in [3.63, 3.8) is 0 Å². The van der Waals surface area contributed by atoms with Crippen LogP contribution in [0.2, 0.25) is 0 Å². The lowest BCUT2D eigenvalue weighted by Gasteiger charge is -2.37. The van der Waals surface area contributed by atoms with Crippen LogP contribution in [0.4, 0.5) is 5.69 Å². The number of piperazine rings is 2. The first kappa shape index (κ1) is 21.5. The van der Waals surface area contributed by atoms with Gasteiger partial charge < -0.3 is 29.4 Å². The van der Waals surface area contributed by atoms with Crippen molar-refractivity contribution in [2.24, 2.45) is 0 Å². The zero-order valence-corrected chi connectivity index (χ0v) is 18.3. The van der Waals surface area contributed by atoms with Gasteiger partial charge >= 0.3 is 0 Å². The number of benzene rings is 2. The van der Waals surface area contributed by atoms with Gasteiger partial charge in [-0.2, -0.15) is 0 Å². The van der Waals surface area contributed by atoms with Crippen LogP contribution < -0.4 is 19.4 Å². The van der Waals surface area contributed by atoms with Crippen LogP contribution in [0, 0.1) is 0 Å². The zero-order valence-electron chi connectivity index (χ0n) is 18.3. The van der Waals surface area contributed by atoms with Gasteiger partial charge in [0.15, 0.2) is 6.54 Å². The fourth-order valence-corrected chi connectivity index (χ4v) is 4.55. The van der Waals surface area contributed by atoms with E-state index in [0.29, 0.717) is 6.54 Å². The van der Waals surface area contributed by atoms with E-state index in [1.807, 2.05) is 29.2 Å². The number of methoxy groups -OCH3 is 1. The molecule has 166 valence electrons. The summed E-state index contributed by atoms with van der Waals surface area (Å²) in [5.41, 5.74) is 2.44. The van der Waals surface area contributed by atoms with Crippen LogP contribution in [0.25, 0.3) is 0 Å². The minimum atomic E-state index is 0.277. The minimum Gasteiger partial charge on any atom is -0.508 e. The van der Waals surface area contributed by atoms with E-state index in [0.717, 1.165) is 70.3 Å². The fourth-order valence-electron chi connectivity index (χ4n) is 4.55. The van der Waals surface area contributed by atoms with Crippen LogP contribution in [0.1, 0.15) is 5.56 Å². The predicted octanol–water partition coefficient (Wildman–Crippen LogP) is -0.967. The van der Waals surface area contributed by atoms with Crippen LogP contribution in [-0.4, -0.2) is 81.9 Å². The number of nitrogens with zero attached hydrogens (tertiary/aromatic N) is 2. The van der Waals surface area contributed by atoms with E-state index in [9.17, 15) is 9.90 Å². The predicted molar refractivity (Wildman–Crippen MR) is 120 cm³/mol. The number of carbonyl (C=O) groups excluding carboxylic acids is 1. The second kappa shape index (κ2) is 10.0. The molecular formula is C24H34N4O3+2. The molecule has 0 spiro atoms. The Morgan fingerprint density at radius 2 is 1.52 bits per heavy atom. The molecule has 2 aromatic rings. The molecule has 4 rings (SSSR count). The van der Waals surface area contributed by atoms with Gasteiger partial charge in [0, 0.05) is 37.4 Å². The molecule has 7 heteroatoms. The molecule has 0 saturated carbocycles. The van der Waals surface area contributed by atoms with E-state index in [1.165, 1.54) is 10.5 Å². The van der Waals surface area contributed by atoms with E-state index >= 15 is 0 Å². The number of quaternary nitrogens is 2. The highest BCUT2D eigenvalue weighted by Crippen LogP contribution is 2.19. The quantitative estimate of drug-likeness (QED) is 0.557. The summed E-state index contributed by atoms with van der Waals surface area (Å²) in [5, 5.41) is 9.46. The molecule has 3 N–H and O–H groups in total. The molecule has 7 nitrogen and oxygen atoms in total. The van der Waals surface area contributed by atoms with Crippen molar-refractivity contribution in [3.05, 3.63) is 54.1 Å². The second-order valence-electron chi connectivity index (χ2n) is 8.59. The standard InChI is InChI=1S/C24H32N4O3/c1-31-23-8-2-20(3-9-23)18-25-10-12-26(13-11-25)19-24(30)28-16-14-27(15-17-28)21-4-6-22(29)7-5-21/h2-9,29H,10-19H2,1H3/p+2. The summed E-state index contributed by atoms with van der Waals surface area (Å²) in [6.45, 7) is 9.14. The van der Waals surface area contributed by atoms with E-state index in [1.54, 1.807) is 24.1 Å². The molecule has 0 bridgehead atoms. The molecule has 0 unspecified atom stereocenters. The summed E-state index contributed by atoms with van der Waals surface area (Å²) in [4.78, 5) is 20.1. The van der Waals surface area contributed by atoms with Crippen LogP contribution in [-0.2, 0) is 11.3 Å². The topological polar surface area (TPSA) is 61.9 Å². The van der Waals surface area contributed by atoms with Gasteiger partial charge in [0.25, 0.3) is 5.91 Å². The molecule has 0 atom stereocenters. The van der Waals surface area contributed by atoms with Gasteiger partial charge in [-0.15, -0.1) is 0 Å². The molecule has 1 amide bonds. The Labute approximate surface area is 184 Å². The highest BCUT2D eigenvalue weighted by molar-refractivity contribution is 5.77. The number of phenols is 1. The molecule has 2 saturated heterocycles. The number of amides is 1. The van der Waals surface area contributed by atoms with Crippen molar-refractivity contribution < 1.29 is 24.4 Å². The third-order valence-electron chi connectivity index (χ3n) is 6.53. The van der Waals surface area contributed by atoms with Gasteiger partial charge in [-0.05, 0) is 48.5 Å². The van der Waals surface area contributed by atoms with Gasteiger partial charge in [-0.1, -0.05) is 0 Å². The number of hydrogen-bond donors (Lipinski definition) is 3. The van der Waals surface area contributed by atoms with Crippen molar-refractivity contribution in [1.82, 2.24) is 4.90 Å². The first-order chi connectivity index (χ1) is 15.1. The smallest absolute Gasteiger partial charge is 0.277 e. The van der Waals surface area contributed by atoms with Crippen molar-refractivity contribution in [1.29, 1.82) is 0 Å². The lowest BCUT2D eigenvalue weighted by atomic mass is 10.2. The molecule has 31 heavy (non-hydrogen) atoms. The molecule has 0 radical (unpaired) electrons. The summed E-state index contributed by atoms with van der Waals surface area (Å²) in [7, 11) is 1.69. The Balaban J connectivity index is 1.18. The lowest BCUT2D eigenvalue weighted by molar-refractivity contribution is -1.02. The van der Waals surface area contributed by atoms with Gasteiger partial charge in [-0.3, -0.25) is 4.79 Å². The molecule has 2 aliphatic heterocycles. The summed E-state index contributed by atoms with van der Waals surface area (Å²) in [6, 6.07) is 15.6. The molecule has 0 aliphatic carbocycles. The summed E-state index contributed by atoms with van der Waals surface area (Å²) < 4.78 is 5.23. The maximum Gasteiger partial charge on any atom is 0.277 e. The monoisotopic (exact) mass is 426 g/mol. The number of aromatic hydroxyl groups is 1. The average Bonchev–Trinajstić information content (AvgIpc) is 2.81. The second-order valence-corrected chi connectivity index (χ2v) is 8.59. The first-order valence-corrected chi connectivity index (χ1v) is 11.2. The SMILES string of the molecule is COc1ccc(C[NH+]2CC[NH+](CC(=O)N3CCN(c4ccc(O)cc4)CC3)CC2)cc1. The third kappa shape index (κ3) is 5.68. The van der Waals surface area contributed by atoms with Gasteiger partial charge in [0.1, 0.15) is 44.2 Å². The summed E-state index contributed by atoms with van der Waals surface area (Å²) in [6.07, 6.45) is 0. The largest absolute Gasteiger partial charge is 0.508 e. The Kier molecular flexibility index (Phi) is 6.94. The van der Waals surface area contributed by atoms with E-state index < -0.39 is 0 Å². The zero-order chi connectivity index (χ0) is 21.6. The summed E-state index contributed by atoms with van der Waals surface area (Å²) >= 11 is 0. The molecule has 2 aromatic carbocycles. The molecule has 0 aromatic heterocycles. The van der Waals surface area contributed by atoms with Gasteiger partial charge in [-0.25, -0.2) is 0 Å². The molecular weight excluding hydrogens is 392 g/mol. The number of ether oxygens (including phenoxy) is 1. The Hall–Kier alpha value is -2.77. The highest BCUT2D eigenvalue weighted by atomic mass is 16.5. The number of rotatable bonds is 6. The minimum absolute atomic E-state index is 0.277. The van der Waals surface area contributed by atoms with Gasteiger partial charge in [0.05, 0.1) is 7.11 Å². The van der Waals surface area contributed by atoms with E-state index in [-0.39, 0.29) is 11.7 Å². The van der Waals surface area contributed by atoms with E-state index in [4.69, 9.17) is 4.74 Å². The van der Waals surface area contributed by atoms with Crippen molar-refractivity contribution in [2.75, 3.05) is 70.9 Å². The summed E-state index contributed by atoms with van der Waals surface area (Å²) in [5.74, 6) is 1.46. The molecule has 2 aliphatic rings. The van der Waals surface area contributed by atoms with Crippen LogP contribution >= 0.6 is 0 Å². The molecule has 2 fully saturated rings. The Morgan fingerprint density at radius 3 is 2.13 bits per heavy atom.